The van der Waals surface area contributed by atoms with Gasteiger partial charge in [0.05, 0.1) is 6.10 Å². The summed E-state index contributed by atoms with van der Waals surface area (Å²) in [5, 5.41) is 0. The van der Waals surface area contributed by atoms with Crippen molar-refractivity contribution in [2.75, 3.05) is 0 Å². The molecule has 3 heteroatoms. The van der Waals surface area contributed by atoms with Crippen LogP contribution in [0, 0.1) is 0 Å². The second-order valence-electron chi connectivity index (χ2n) is 3.48. The quantitative estimate of drug-likeness (QED) is 0.693. The third-order valence-corrected chi connectivity index (χ3v) is 2.39. The number of carbonyl (C=O) groups is 1. The summed E-state index contributed by atoms with van der Waals surface area (Å²) in [6, 6.07) is 0. The van der Waals surface area contributed by atoms with E-state index in [2.05, 4.69) is 13.8 Å². The molecule has 3 nitrogen and oxygen atoms in total. The molecule has 14 heavy (non-hydrogen) atoms. The van der Waals surface area contributed by atoms with Crippen molar-refractivity contribution in [3.8, 4) is 0 Å². The second-order valence-corrected chi connectivity index (χ2v) is 3.48. The third-order valence-electron chi connectivity index (χ3n) is 2.39. The molecule has 0 amide bonds. The Hall–Kier alpha value is -0.670. The van der Waals surface area contributed by atoms with Crippen molar-refractivity contribution >= 4 is 5.78 Å². The Bertz CT molecular complexity index is 219. The summed E-state index contributed by atoms with van der Waals surface area (Å²) in [5.74, 6) is 0.00870. The van der Waals surface area contributed by atoms with E-state index in [0.29, 0.717) is 0 Å². The maximum absolute atomic E-state index is 11.1. The SMILES string of the molecule is CCC(CC)O[C@H]1C=CC(=O)[C@H](C)O1. The van der Waals surface area contributed by atoms with Gasteiger partial charge in [-0.2, -0.15) is 0 Å². The van der Waals surface area contributed by atoms with Gasteiger partial charge in [0.2, 0.25) is 0 Å². The molecule has 0 spiro atoms. The molecule has 0 saturated carbocycles. The monoisotopic (exact) mass is 198 g/mol. The van der Waals surface area contributed by atoms with Gasteiger partial charge < -0.3 is 9.47 Å². The van der Waals surface area contributed by atoms with E-state index >= 15 is 0 Å². The van der Waals surface area contributed by atoms with Crippen molar-refractivity contribution in [1.29, 1.82) is 0 Å². The van der Waals surface area contributed by atoms with Crippen molar-refractivity contribution in [3.63, 3.8) is 0 Å². The predicted octanol–water partition coefficient (Wildman–Crippen LogP) is 2.06. The zero-order valence-corrected chi connectivity index (χ0v) is 9.03. The molecule has 0 saturated heterocycles. The molecule has 0 unspecified atom stereocenters. The zero-order valence-electron chi connectivity index (χ0n) is 9.03. The molecule has 0 fully saturated rings. The van der Waals surface area contributed by atoms with Gasteiger partial charge in [-0.15, -0.1) is 0 Å². The number of carbonyl (C=O) groups excluding carboxylic acids is 1. The fourth-order valence-electron chi connectivity index (χ4n) is 1.37. The Kier molecular flexibility index (Phi) is 4.29. The fourth-order valence-corrected chi connectivity index (χ4v) is 1.37. The summed E-state index contributed by atoms with van der Waals surface area (Å²) in [4.78, 5) is 11.1. The van der Waals surface area contributed by atoms with Crippen LogP contribution in [-0.4, -0.2) is 24.3 Å². The minimum atomic E-state index is -0.376. The average Bonchev–Trinajstić information content (AvgIpc) is 2.19. The Morgan fingerprint density at radius 3 is 2.64 bits per heavy atom. The number of ketones is 1. The van der Waals surface area contributed by atoms with E-state index < -0.39 is 0 Å². The van der Waals surface area contributed by atoms with Gasteiger partial charge in [-0.1, -0.05) is 13.8 Å². The van der Waals surface area contributed by atoms with Crippen LogP contribution in [0.25, 0.3) is 0 Å². The first kappa shape index (κ1) is 11.4. The van der Waals surface area contributed by atoms with E-state index in [1.165, 1.54) is 0 Å². The van der Waals surface area contributed by atoms with Crippen LogP contribution in [0.2, 0.25) is 0 Å². The first-order valence-corrected chi connectivity index (χ1v) is 5.20. The fraction of sp³-hybridized carbons (Fsp3) is 0.727. The number of ether oxygens (including phenoxy) is 2. The molecule has 0 N–H and O–H groups in total. The van der Waals surface area contributed by atoms with Crippen LogP contribution < -0.4 is 0 Å². The predicted molar refractivity (Wildman–Crippen MR) is 53.9 cm³/mol. The smallest absolute Gasteiger partial charge is 0.184 e. The van der Waals surface area contributed by atoms with Gasteiger partial charge in [0.25, 0.3) is 0 Å². The summed E-state index contributed by atoms with van der Waals surface area (Å²) in [6.45, 7) is 5.90. The van der Waals surface area contributed by atoms with Crippen LogP contribution in [-0.2, 0) is 14.3 Å². The van der Waals surface area contributed by atoms with Crippen LogP contribution in [0.3, 0.4) is 0 Å². The maximum atomic E-state index is 11.1. The van der Waals surface area contributed by atoms with Gasteiger partial charge in [0.15, 0.2) is 12.1 Å². The molecule has 80 valence electrons. The second kappa shape index (κ2) is 5.27. The molecule has 1 aliphatic heterocycles. The van der Waals surface area contributed by atoms with Crippen molar-refractivity contribution in [2.24, 2.45) is 0 Å². The minimum absolute atomic E-state index is 0.00870. The van der Waals surface area contributed by atoms with Gasteiger partial charge in [-0.25, -0.2) is 0 Å². The minimum Gasteiger partial charge on any atom is -0.346 e. The normalized spacial score (nSPS) is 27.3. The summed E-state index contributed by atoms with van der Waals surface area (Å²) < 4.78 is 11.0. The summed E-state index contributed by atoms with van der Waals surface area (Å²) in [5.41, 5.74) is 0. The lowest BCUT2D eigenvalue weighted by Crippen LogP contribution is -2.33. The number of rotatable bonds is 4. The Morgan fingerprint density at radius 1 is 1.50 bits per heavy atom. The van der Waals surface area contributed by atoms with Gasteiger partial charge in [-0.3, -0.25) is 4.79 Å². The standard InChI is InChI=1S/C11H18O3/c1-4-9(5-2)14-11-7-6-10(12)8(3)13-11/h6-9,11H,4-5H2,1-3H3/t8-,11-/m0/s1. The lowest BCUT2D eigenvalue weighted by atomic mass is 10.2. The van der Waals surface area contributed by atoms with Crippen LogP contribution in [0.15, 0.2) is 12.2 Å². The summed E-state index contributed by atoms with van der Waals surface area (Å²) >= 11 is 0. The van der Waals surface area contributed by atoms with Gasteiger partial charge in [-0.05, 0) is 31.9 Å². The first-order valence-electron chi connectivity index (χ1n) is 5.20. The van der Waals surface area contributed by atoms with E-state index in [-0.39, 0.29) is 24.3 Å². The zero-order chi connectivity index (χ0) is 10.6. The molecule has 1 heterocycles. The molecular formula is C11H18O3. The first-order chi connectivity index (χ1) is 6.67. The highest BCUT2D eigenvalue weighted by molar-refractivity contribution is 5.93. The van der Waals surface area contributed by atoms with Crippen molar-refractivity contribution in [3.05, 3.63) is 12.2 Å². The molecule has 0 radical (unpaired) electrons. The van der Waals surface area contributed by atoms with Crippen LogP contribution in [0.1, 0.15) is 33.6 Å². The molecule has 1 aliphatic rings. The van der Waals surface area contributed by atoms with E-state index in [9.17, 15) is 4.79 Å². The van der Waals surface area contributed by atoms with E-state index in [1.54, 1.807) is 19.1 Å². The van der Waals surface area contributed by atoms with E-state index in [0.717, 1.165) is 12.8 Å². The number of hydrogen-bond donors (Lipinski definition) is 0. The highest BCUT2D eigenvalue weighted by Gasteiger charge is 2.22. The van der Waals surface area contributed by atoms with Gasteiger partial charge in [0.1, 0.15) is 6.10 Å². The molecule has 0 aromatic carbocycles. The Labute approximate surface area is 85.1 Å². The van der Waals surface area contributed by atoms with Crippen LogP contribution in [0.5, 0.6) is 0 Å². The molecule has 1 rings (SSSR count). The average molecular weight is 198 g/mol. The van der Waals surface area contributed by atoms with Crippen molar-refractivity contribution in [1.82, 2.24) is 0 Å². The molecule has 0 bridgehead atoms. The topological polar surface area (TPSA) is 35.5 Å². The van der Waals surface area contributed by atoms with Crippen LogP contribution in [0.4, 0.5) is 0 Å². The maximum Gasteiger partial charge on any atom is 0.184 e. The Morgan fingerprint density at radius 2 is 2.14 bits per heavy atom. The molecular weight excluding hydrogens is 180 g/mol. The Balaban J connectivity index is 2.47. The van der Waals surface area contributed by atoms with Crippen LogP contribution >= 0.6 is 0 Å². The van der Waals surface area contributed by atoms with Gasteiger partial charge >= 0.3 is 0 Å². The van der Waals surface area contributed by atoms with E-state index in [4.69, 9.17) is 9.47 Å². The number of hydrogen-bond acceptors (Lipinski definition) is 3. The van der Waals surface area contributed by atoms with Gasteiger partial charge in [0, 0.05) is 0 Å². The third kappa shape index (κ3) is 2.93. The summed E-state index contributed by atoms with van der Waals surface area (Å²) in [7, 11) is 0. The van der Waals surface area contributed by atoms with E-state index in [1.807, 2.05) is 0 Å². The molecule has 0 aromatic heterocycles. The van der Waals surface area contributed by atoms with Crippen molar-refractivity contribution in [2.45, 2.75) is 52.1 Å². The highest BCUT2D eigenvalue weighted by Crippen LogP contribution is 2.14. The summed E-state index contributed by atoms with van der Waals surface area (Å²) in [6.07, 6.45) is 4.64. The van der Waals surface area contributed by atoms with Crippen molar-refractivity contribution < 1.29 is 14.3 Å². The molecule has 2 atom stereocenters. The molecule has 0 aromatic rings. The molecule has 0 aliphatic carbocycles. The highest BCUT2D eigenvalue weighted by atomic mass is 16.7. The lowest BCUT2D eigenvalue weighted by molar-refractivity contribution is -0.176. The largest absolute Gasteiger partial charge is 0.346 e. The lowest BCUT2D eigenvalue weighted by Gasteiger charge is -2.25.